The lowest BCUT2D eigenvalue weighted by Crippen LogP contribution is -2.36. The molecule has 1 atom stereocenters. The van der Waals surface area contributed by atoms with Gasteiger partial charge >= 0.3 is 0 Å². The largest absolute Gasteiger partial charge is 0.497 e. The summed E-state index contributed by atoms with van der Waals surface area (Å²) in [6.07, 6.45) is 0. The molecule has 3 heteroatoms. The number of hydrogen-bond donors (Lipinski definition) is 0. The Balaban J connectivity index is 2.13. The van der Waals surface area contributed by atoms with Gasteiger partial charge < -0.3 is 14.4 Å². The quantitative estimate of drug-likeness (QED) is 0.834. The van der Waals surface area contributed by atoms with E-state index >= 15 is 0 Å². The summed E-state index contributed by atoms with van der Waals surface area (Å²) in [5.74, 6) is 1.64. The molecule has 0 aromatic heterocycles. The van der Waals surface area contributed by atoms with E-state index in [0.717, 1.165) is 17.1 Å². The molecule has 0 amide bonds. The van der Waals surface area contributed by atoms with Crippen LogP contribution in [0.25, 0.3) is 11.1 Å². The third-order valence-corrected chi connectivity index (χ3v) is 5.42. The van der Waals surface area contributed by atoms with Crippen LogP contribution in [-0.4, -0.2) is 27.3 Å². The van der Waals surface area contributed by atoms with Gasteiger partial charge in [0, 0.05) is 35.8 Å². The molecule has 3 nitrogen and oxygen atoms in total. The fourth-order valence-corrected chi connectivity index (χ4v) is 3.48. The first kappa shape index (κ1) is 15.7. The molecule has 1 aliphatic rings. The first-order valence-corrected chi connectivity index (χ1v) is 8.00. The number of benzene rings is 2. The maximum Gasteiger partial charge on any atom is 0.130 e. The lowest BCUT2D eigenvalue weighted by molar-refractivity contribution is 0.395. The lowest BCUT2D eigenvalue weighted by Gasteiger charge is -2.28. The first-order valence-electron chi connectivity index (χ1n) is 8.00. The van der Waals surface area contributed by atoms with Crippen molar-refractivity contribution in [2.75, 3.05) is 26.2 Å². The molecule has 122 valence electrons. The topological polar surface area (TPSA) is 21.7 Å². The molecule has 1 aliphatic heterocycles. The second-order valence-corrected chi connectivity index (χ2v) is 6.81. The zero-order valence-corrected chi connectivity index (χ0v) is 14.8. The Bertz CT molecular complexity index is 736. The fraction of sp³-hybridized carbons (Fsp3) is 0.400. The Labute approximate surface area is 138 Å². The number of nitrogens with zero attached hydrogens (tertiary/aromatic N) is 1. The molecule has 1 heterocycles. The third-order valence-electron chi connectivity index (χ3n) is 5.42. The number of hydrogen-bond acceptors (Lipinski definition) is 3. The van der Waals surface area contributed by atoms with Gasteiger partial charge in [0.05, 0.1) is 14.2 Å². The molecule has 0 fully saturated rings. The van der Waals surface area contributed by atoms with Crippen molar-refractivity contribution in [2.24, 2.45) is 0 Å². The summed E-state index contributed by atoms with van der Waals surface area (Å²) in [6.45, 7) is 6.91. The average Bonchev–Trinajstić information content (AvgIpc) is 2.74. The van der Waals surface area contributed by atoms with Crippen LogP contribution in [-0.2, 0) is 5.41 Å². The highest BCUT2D eigenvalue weighted by Crippen LogP contribution is 2.46. The minimum absolute atomic E-state index is 0.125. The molecule has 0 aliphatic carbocycles. The number of anilines is 1. The van der Waals surface area contributed by atoms with Crippen molar-refractivity contribution in [3.63, 3.8) is 0 Å². The first-order chi connectivity index (χ1) is 10.9. The summed E-state index contributed by atoms with van der Waals surface area (Å²) in [5.41, 5.74) is 5.11. The van der Waals surface area contributed by atoms with Gasteiger partial charge in [-0.25, -0.2) is 0 Å². The van der Waals surface area contributed by atoms with Crippen molar-refractivity contribution in [1.82, 2.24) is 0 Å². The van der Waals surface area contributed by atoms with Crippen molar-refractivity contribution in [2.45, 2.75) is 32.2 Å². The third kappa shape index (κ3) is 2.35. The number of methoxy groups -OCH3 is 2. The highest BCUT2D eigenvalue weighted by Gasteiger charge is 2.40. The molecule has 0 N–H and O–H groups in total. The van der Waals surface area contributed by atoms with Gasteiger partial charge in [-0.1, -0.05) is 19.9 Å². The second kappa shape index (κ2) is 5.48. The maximum absolute atomic E-state index is 5.57. The van der Waals surface area contributed by atoms with E-state index in [1.165, 1.54) is 16.8 Å². The van der Waals surface area contributed by atoms with E-state index in [4.69, 9.17) is 9.47 Å². The van der Waals surface area contributed by atoms with Gasteiger partial charge in [-0.2, -0.15) is 0 Å². The van der Waals surface area contributed by atoms with Gasteiger partial charge in [0.1, 0.15) is 11.5 Å². The van der Waals surface area contributed by atoms with Crippen LogP contribution in [0.5, 0.6) is 11.5 Å². The molecule has 2 aromatic carbocycles. The van der Waals surface area contributed by atoms with Crippen LogP contribution in [0.4, 0.5) is 5.69 Å². The molecule has 0 bridgehead atoms. The molecule has 3 rings (SSSR count). The molecule has 0 radical (unpaired) electrons. The fourth-order valence-electron chi connectivity index (χ4n) is 3.48. The normalized spacial score (nSPS) is 18.7. The Kier molecular flexibility index (Phi) is 3.75. The Morgan fingerprint density at radius 3 is 2.39 bits per heavy atom. The van der Waals surface area contributed by atoms with Crippen molar-refractivity contribution in [3.8, 4) is 22.6 Å². The SMILES string of the molecule is COc1ccc(-c2ccc3c(c2)C(C)(C)C(C)N3C)c(OC)c1. The second-order valence-electron chi connectivity index (χ2n) is 6.81. The van der Waals surface area contributed by atoms with Crippen LogP contribution in [0.1, 0.15) is 26.3 Å². The van der Waals surface area contributed by atoms with E-state index in [0.29, 0.717) is 6.04 Å². The predicted octanol–water partition coefficient (Wildman–Crippen LogP) is 4.49. The van der Waals surface area contributed by atoms with E-state index in [9.17, 15) is 0 Å². The van der Waals surface area contributed by atoms with Crippen molar-refractivity contribution >= 4 is 5.69 Å². The highest BCUT2D eigenvalue weighted by molar-refractivity contribution is 5.77. The van der Waals surface area contributed by atoms with Crippen LogP contribution in [0.3, 0.4) is 0 Å². The van der Waals surface area contributed by atoms with Gasteiger partial charge in [0.25, 0.3) is 0 Å². The molecule has 0 saturated heterocycles. The standard InChI is InChI=1S/C20H25NO2/c1-13-20(2,3)17-11-14(7-10-18(17)21(13)4)16-9-8-15(22-5)12-19(16)23-6/h7-13H,1-6H3. The lowest BCUT2D eigenvalue weighted by atomic mass is 9.80. The Morgan fingerprint density at radius 2 is 1.74 bits per heavy atom. The van der Waals surface area contributed by atoms with Gasteiger partial charge in [-0.05, 0) is 42.3 Å². The summed E-state index contributed by atoms with van der Waals surface area (Å²) in [7, 11) is 5.54. The van der Waals surface area contributed by atoms with Crippen LogP contribution in [0.15, 0.2) is 36.4 Å². The summed E-state index contributed by atoms with van der Waals surface area (Å²) < 4.78 is 10.9. The minimum Gasteiger partial charge on any atom is -0.497 e. The molecular weight excluding hydrogens is 286 g/mol. The van der Waals surface area contributed by atoms with Crippen LogP contribution >= 0.6 is 0 Å². The van der Waals surface area contributed by atoms with Crippen LogP contribution < -0.4 is 14.4 Å². The molecule has 0 spiro atoms. The van der Waals surface area contributed by atoms with E-state index in [1.54, 1.807) is 14.2 Å². The molecular formula is C20H25NO2. The van der Waals surface area contributed by atoms with Crippen LogP contribution in [0.2, 0.25) is 0 Å². The van der Waals surface area contributed by atoms with Gasteiger partial charge in [-0.3, -0.25) is 0 Å². The predicted molar refractivity (Wildman–Crippen MR) is 95.9 cm³/mol. The molecule has 0 saturated carbocycles. The Morgan fingerprint density at radius 1 is 1.00 bits per heavy atom. The van der Waals surface area contributed by atoms with Crippen molar-refractivity contribution in [1.29, 1.82) is 0 Å². The van der Waals surface area contributed by atoms with Gasteiger partial charge in [-0.15, -0.1) is 0 Å². The average molecular weight is 311 g/mol. The van der Waals surface area contributed by atoms with E-state index in [-0.39, 0.29) is 5.41 Å². The molecule has 23 heavy (non-hydrogen) atoms. The monoisotopic (exact) mass is 311 g/mol. The number of ether oxygens (including phenoxy) is 2. The van der Waals surface area contributed by atoms with Gasteiger partial charge in [0.2, 0.25) is 0 Å². The van der Waals surface area contributed by atoms with Crippen molar-refractivity contribution < 1.29 is 9.47 Å². The maximum atomic E-state index is 5.57. The number of likely N-dealkylation sites (N-methyl/N-ethyl adjacent to an activating group) is 1. The highest BCUT2D eigenvalue weighted by atomic mass is 16.5. The minimum atomic E-state index is 0.125. The smallest absolute Gasteiger partial charge is 0.130 e. The van der Waals surface area contributed by atoms with Gasteiger partial charge in [0.15, 0.2) is 0 Å². The summed E-state index contributed by atoms with van der Waals surface area (Å²) >= 11 is 0. The zero-order valence-electron chi connectivity index (χ0n) is 14.8. The van der Waals surface area contributed by atoms with E-state index < -0.39 is 0 Å². The van der Waals surface area contributed by atoms with Crippen molar-refractivity contribution in [3.05, 3.63) is 42.0 Å². The summed E-state index contributed by atoms with van der Waals surface area (Å²) in [4.78, 5) is 2.37. The summed E-state index contributed by atoms with van der Waals surface area (Å²) in [6, 6.07) is 13.2. The summed E-state index contributed by atoms with van der Waals surface area (Å²) in [5, 5.41) is 0. The molecule has 2 aromatic rings. The Hall–Kier alpha value is -2.16. The van der Waals surface area contributed by atoms with E-state index in [2.05, 4.69) is 57.0 Å². The molecule has 1 unspecified atom stereocenters. The number of rotatable bonds is 3. The van der Waals surface area contributed by atoms with E-state index in [1.807, 2.05) is 12.1 Å². The zero-order chi connectivity index (χ0) is 16.8. The van der Waals surface area contributed by atoms with Crippen LogP contribution in [0, 0.1) is 0 Å². The number of fused-ring (bicyclic) bond motifs is 1.